The Balaban J connectivity index is 3.72. The summed E-state index contributed by atoms with van der Waals surface area (Å²) in [5.74, 6) is -13.3. The molecule has 1 aromatic carbocycles. The van der Waals surface area contributed by atoms with Crippen LogP contribution < -0.4 is 76.5 Å². The molecule has 85 heavy (non-hydrogen) atoms. The van der Waals surface area contributed by atoms with Crippen LogP contribution in [0.25, 0.3) is 0 Å². The summed E-state index contributed by atoms with van der Waals surface area (Å²) in [6.07, 6.45) is -1.19. The minimum Gasteiger partial charge on any atom is -0.481 e. The van der Waals surface area contributed by atoms with Crippen LogP contribution in [0.4, 0.5) is 0 Å². The summed E-state index contributed by atoms with van der Waals surface area (Å²) in [5.41, 5.74) is 28.5. The molecule has 0 aromatic heterocycles. The summed E-state index contributed by atoms with van der Waals surface area (Å²) in [5, 5.41) is 41.0. The van der Waals surface area contributed by atoms with E-state index in [9.17, 15) is 77.3 Å². The van der Waals surface area contributed by atoms with Gasteiger partial charge in [0.05, 0.1) is 19.1 Å². The SMILES string of the molecule is CNC(=O)[C@@H](NC(=O)[C@H](Cc1ccccc1)NC(=O)[C@H](CCC(=O)O)NC(=O)[C@H](CC(=O)O)NC(=O)[C@H](COP(=O)(O)O)NC(=O)[C@H](CCSC)NC(=O)[C@H](CCCN=C(N)N)NC(=O)[C@H](CCCN=C(N)N)NC(=O)[C@@H](N)CC(C)C)C(C)C. The Labute approximate surface area is 496 Å². The van der Waals surface area contributed by atoms with Crippen molar-refractivity contribution in [1.29, 1.82) is 0 Å². The second kappa shape index (κ2) is 39.1. The molecule has 0 saturated heterocycles. The monoisotopic (exact) mass is 1240 g/mol. The zero-order valence-electron chi connectivity index (χ0n) is 48.4. The maximum Gasteiger partial charge on any atom is 0.469 e. The molecule has 0 aliphatic heterocycles. The lowest BCUT2D eigenvalue weighted by molar-refractivity contribution is -0.141. The van der Waals surface area contributed by atoms with E-state index in [1.165, 1.54) is 18.8 Å². The van der Waals surface area contributed by atoms with Gasteiger partial charge in [-0.1, -0.05) is 58.0 Å². The van der Waals surface area contributed by atoms with Crippen molar-refractivity contribution in [3.8, 4) is 0 Å². The van der Waals surface area contributed by atoms with E-state index in [0.29, 0.717) is 5.56 Å². The molecule has 0 spiro atoms. The van der Waals surface area contributed by atoms with Crippen LogP contribution in [0.1, 0.15) is 91.0 Å². The highest BCUT2D eigenvalue weighted by Gasteiger charge is 2.37. The number of nitrogens with zero attached hydrogens (tertiary/aromatic N) is 2. The molecule has 1 rings (SSSR count). The minimum absolute atomic E-state index is 0.00290. The molecular formula is C50H85N16O17PS. The third-order valence-electron chi connectivity index (χ3n) is 12.2. The normalized spacial score (nSPS) is 14.4. The summed E-state index contributed by atoms with van der Waals surface area (Å²) in [6.45, 7) is 5.64. The highest BCUT2D eigenvalue weighted by atomic mass is 32.2. The molecule has 478 valence electrons. The van der Waals surface area contributed by atoms with Gasteiger partial charge in [0.15, 0.2) is 11.9 Å². The number of aliphatic imine (C=N–C) groups is 2. The number of amides is 9. The Morgan fingerprint density at radius 2 is 1.00 bits per heavy atom. The summed E-state index contributed by atoms with van der Waals surface area (Å²) in [4.78, 5) is 175. The van der Waals surface area contributed by atoms with E-state index in [4.69, 9.17) is 28.7 Å². The van der Waals surface area contributed by atoms with Gasteiger partial charge in [0.2, 0.25) is 53.2 Å². The largest absolute Gasteiger partial charge is 0.481 e. The van der Waals surface area contributed by atoms with Crippen LogP contribution in [0, 0.1) is 11.8 Å². The third kappa shape index (κ3) is 31.7. The Hall–Kier alpha value is -7.65. The fraction of sp³-hybridized carbons (Fsp3) is 0.620. The van der Waals surface area contributed by atoms with Crippen LogP contribution in [0.2, 0.25) is 0 Å². The molecule has 9 atom stereocenters. The number of guanidine groups is 2. The van der Waals surface area contributed by atoms with E-state index < -0.39 is 159 Å². The van der Waals surface area contributed by atoms with Gasteiger partial charge in [-0.2, -0.15) is 11.8 Å². The van der Waals surface area contributed by atoms with Gasteiger partial charge in [0, 0.05) is 33.0 Å². The first-order valence-electron chi connectivity index (χ1n) is 27.0. The van der Waals surface area contributed by atoms with Crippen molar-refractivity contribution < 1.29 is 81.8 Å². The number of hydrogen-bond acceptors (Lipinski definition) is 17. The average Bonchev–Trinajstić information content (AvgIpc) is 3.61. The summed E-state index contributed by atoms with van der Waals surface area (Å²) < 4.78 is 16.5. The number of nitrogens with one attached hydrogen (secondary N) is 9. The predicted octanol–water partition coefficient (Wildman–Crippen LogP) is -4.81. The molecule has 0 unspecified atom stereocenters. The molecule has 1 aromatic rings. The van der Waals surface area contributed by atoms with Gasteiger partial charge in [-0.3, -0.25) is 67.2 Å². The molecule has 0 fully saturated rings. The lowest BCUT2D eigenvalue weighted by atomic mass is 10.0. The predicted molar refractivity (Wildman–Crippen MR) is 312 cm³/mol. The van der Waals surface area contributed by atoms with Crippen molar-refractivity contribution in [3.63, 3.8) is 0 Å². The van der Waals surface area contributed by atoms with Gasteiger partial charge in [-0.15, -0.1) is 0 Å². The second-order valence-electron chi connectivity index (χ2n) is 20.2. The molecule has 0 heterocycles. The first kappa shape index (κ1) is 75.4. The molecule has 33 nitrogen and oxygen atoms in total. The van der Waals surface area contributed by atoms with Crippen molar-refractivity contribution >= 4 is 96.6 Å². The number of carboxylic acids is 2. The molecule has 35 heteroatoms. The number of carboxylic acid groups (broad SMARTS) is 2. The molecule has 0 aliphatic rings. The second-order valence-corrected chi connectivity index (χ2v) is 22.4. The first-order valence-corrected chi connectivity index (χ1v) is 29.9. The number of aliphatic carboxylic acids is 2. The number of hydrogen-bond donors (Lipinski definition) is 18. The molecule has 0 saturated carbocycles. The van der Waals surface area contributed by atoms with Gasteiger partial charge < -0.3 is 96.5 Å². The van der Waals surface area contributed by atoms with Gasteiger partial charge >= 0.3 is 19.8 Å². The van der Waals surface area contributed by atoms with Crippen LogP contribution in [0.5, 0.6) is 0 Å². The zero-order chi connectivity index (χ0) is 64.6. The Morgan fingerprint density at radius 3 is 1.44 bits per heavy atom. The van der Waals surface area contributed by atoms with Gasteiger partial charge in [-0.25, -0.2) is 4.57 Å². The van der Waals surface area contributed by atoms with Crippen LogP contribution in [-0.2, 0) is 68.2 Å². The van der Waals surface area contributed by atoms with Crippen LogP contribution in [0.3, 0.4) is 0 Å². The number of carbonyl (C=O) groups is 11. The third-order valence-corrected chi connectivity index (χ3v) is 13.3. The lowest BCUT2D eigenvalue weighted by Gasteiger charge is -2.28. The Bertz CT molecular complexity index is 2520. The lowest BCUT2D eigenvalue weighted by Crippen LogP contribution is -2.61. The number of nitrogens with two attached hydrogens (primary N) is 5. The van der Waals surface area contributed by atoms with Crippen LogP contribution in [0.15, 0.2) is 40.3 Å². The zero-order valence-corrected chi connectivity index (χ0v) is 50.1. The summed E-state index contributed by atoms with van der Waals surface area (Å²) in [7, 11) is -4.13. The van der Waals surface area contributed by atoms with Crippen molar-refractivity contribution in [2.75, 3.05) is 38.8 Å². The number of thioether (sulfide) groups is 1. The van der Waals surface area contributed by atoms with E-state index in [1.54, 1.807) is 50.4 Å². The van der Waals surface area contributed by atoms with Crippen molar-refractivity contribution in [1.82, 2.24) is 47.9 Å². The fourth-order valence-corrected chi connectivity index (χ4v) is 8.67. The standard InChI is InChI=1S/C50H85N16O17PS/c1-26(2)22-29(51)40(71)59-30(14-10-19-57-49(52)53)41(72)60-31(15-11-20-58-50(54)55)42(73)62-33(18-21-85-6)44(75)65-36(25-83-84(80,81)82)47(78)64-35(24-38(69)70)45(76)61-32(16-17-37(67)68)43(74)63-34(23-28-12-8-7-9-13-28)46(77)66-39(27(3)4)48(79)56-5/h7-9,12-13,26-27,29-36,39H,10-11,14-25,51H2,1-6H3,(H,56,79)(H,59,71)(H,60,72)(H,61,76)(H,62,73)(H,63,74)(H,64,78)(H,65,75)(H,66,77)(H,67,68)(H,69,70)(H4,52,53,57)(H4,54,55,58)(H2,80,81,82)/t29-,30-,31-,32-,33-,34-,35-,36-,39-/m0/s1. The topological polar surface area (TPSA) is 558 Å². The van der Waals surface area contributed by atoms with Crippen molar-refractivity contribution in [2.45, 2.75) is 146 Å². The molecule has 0 bridgehead atoms. The van der Waals surface area contributed by atoms with Gasteiger partial charge in [0.1, 0.15) is 48.3 Å². The summed E-state index contributed by atoms with van der Waals surface area (Å²) >= 11 is 1.20. The van der Waals surface area contributed by atoms with Crippen molar-refractivity contribution in [2.24, 2.45) is 50.5 Å². The average molecular weight is 1250 g/mol. The quantitative estimate of drug-likeness (QED) is 0.0127. The number of benzene rings is 1. The maximum absolute atomic E-state index is 14.2. The summed E-state index contributed by atoms with van der Waals surface area (Å²) in [6, 6.07) is -5.99. The van der Waals surface area contributed by atoms with Gasteiger partial charge in [-0.05, 0) is 74.4 Å². The fourth-order valence-electron chi connectivity index (χ4n) is 7.86. The van der Waals surface area contributed by atoms with Crippen molar-refractivity contribution in [3.05, 3.63) is 35.9 Å². The highest BCUT2D eigenvalue weighted by molar-refractivity contribution is 7.98. The Kier molecular flexibility index (Phi) is 34.6. The van der Waals surface area contributed by atoms with Crippen LogP contribution in [-0.4, -0.2) is 190 Å². The molecule has 23 N–H and O–H groups in total. The molecule has 0 aliphatic carbocycles. The van der Waals surface area contributed by atoms with Crippen LogP contribution >= 0.6 is 19.6 Å². The Morgan fingerprint density at radius 1 is 0.576 bits per heavy atom. The molecule has 0 radical (unpaired) electrons. The number of rotatable bonds is 41. The molecule has 9 amide bonds. The van der Waals surface area contributed by atoms with E-state index in [1.807, 2.05) is 19.2 Å². The first-order chi connectivity index (χ1) is 39.8. The van der Waals surface area contributed by atoms with E-state index in [0.717, 1.165) is 0 Å². The minimum atomic E-state index is -5.47. The van der Waals surface area contributed by atoms with E-state index in [-0.39, 0.29) is 81.6 Å². The number of carbonyl (C=O) groups excluding carboxylic acids is 9. The number of likely N-dealkylation sites (N-methyl/N-ethyl adjacent to an activating group) is 1. The highest BCUT2D eigenvalue weighted by Crippen LogP contribution is 2.35. The van der Waals surface area contributed by atoms with Gasteiger partial charge in [0.25, 0.3) is 0 Å². The molecular weight excluding hydrogens is 1160 g/mol. The number of phosphoric acid groups is 1. The maximum atomic E-state index is 14.2. The van der Waals surface area contributed by atoms with E-state index >= 15 is 0 Å². The number of phosphoric ester groups is 1. The smallest absolute Gasteiger partial charge is 0.469 e. The van der Waals surface area contributed by atoms with E-state index in [2.05, 4.69) is 57.0 Å².